The maximum Gasteiger partial charge on any atom is 0.435 e. The summed E-state index contributed by atoms with van der Waals surface area (Å²) >= 11 is 0. The standard InChI is InChI=1S/C7H8F3N3O2/c1-13-2-3(4(11)6(14)15)5(12-13)7(8,9)10/h2,4H,11H2,1H3,(H,14,15). The van der Waals surface area contributed by atoms with Crippen molar-refractivity contribution >= 4 is 5.97 Å². The molecule has 1 unspecified atom stereocenters. The molecule has 1 aromatic heterocycles. The number of nitrogens with two attached hydrogens (primary N) is 1. The number of carboxylic acid groups (broad SMARTS) is 1. The van der Waals surface area contributed by atoms with Crippen LogP contribution in [0.3, 0.4) is 0 Å². The highest BCUT2D eigenvalue weighted by atomic mass is 19.4. The summed E-state index contributed by atoms with van der Waals surface area (Å²) in [5, 5.41) is 11.6. The van der Waals surface area contributed by atoms with Gasteiger partial charge >= 0.3 is 12.1 Å². The Balaban J connectivity index is 3.24. The van der Waals surface area contributed by atoms with Crippen LogP contribution in [0, 0.1) is 0 Å². The number of nitrogens with zero attached hydrogens (tertiary/aromatic N) is 2. The van der Waals surface area contributed by atoms with Crippen molar-refractivity contribution in [2.24, 2.45) is 12.8 Å². The molecule has 1 heterocycles. The highest BCUT2D eigenvalue weighted by Gasteiger charge is 2.39. The number of carboxylic acids is 1. The van der Waals surface area contributed by atoms with Gasteiger partial charge in [-0.25, -0.2) is 0 Å². The third-order valence-corrected chi connectivity index (χ3v) is 1.73. The van der Waals surface area contributed by atoms with Crippen LogP contribution in [0.5, 0.6) is 0 Å². The van der Waals surface area contributed by atoms with Crippen LogP contribution in [0.2, 0.25) is 0 Å². The van der Waals surface area contributed by atoms with Gasteiger partial charge in [-0.3, -0.25) is 9.48 Å². The Morgan fingerprint density at radius 1 is 1.67 bits per heavy atom. The third-order valence-electron chi connectivity index (χ3n) is 1.73. The molecule has 3 N–H and O–H groups in total. The molecule has 0 aliphatic carbocycles. The molecular formula is C7H8F3N3O2. The van der Waals surface area contributed by atoms with Crippen molar-refractivity contribution < 1.29 is 23.1 Å². The fourth-order valence-corrected chi connectivity index (χ4v) is 1.09. The van der Waals surface area contributed by atoms with Crippen molar-refractivity contribution in [3.63, 3.8) is 0 Å². The van der Waals surface area contributed by atoms with E-state index in [4.69, 9.17) is 10.8 Å². The predicted octanol–water partition coefficient (Wildman–Crippen LogP) is 0.523. The van der Waals surface area contributed by atoms with Crippen molar-refractivity contribution in [3.05, 3.63) is 17.5 Å². The minimum Gasteiger partial charge on any atom is -0.480 e. The third kappa shape index (κ3) is 2.27. The molecule has 0 aliphatic rings. The van der Waals surface area contributed by atoms with Gasteiger partial charge in [0.25, 0.3) is 0 Å². The molecule has 0 saturated heterocycles. The summed E-state index contributed by atoms with van der Waals surface area (Å²) < 4.78 is 38.0. The summed E-state index contributed by atoms with van der Waals surface area (Å²) in [6.07, 6.45) is -3.76. The van der Waals surface area contributed by atoms with Crippen LogP contribution in [0.25, 0.3) is 0 Å². The molecule has 15 heavy (non-hydrogen) atoms. The number of aliphatic carboxylic acids is 1. The summed E-state index contributed by atoms with van der Waals surface area (Å²) in [6, 6.07) is -1.73. The number of carbonyl (C=O) groups is 1. The van der Waals surface area contributed by atoms with Gasteiger partial charge in [-0.05, 0) is 0 Å². The zero-order valence-electron chi connectivity index (χ0n) is 7.62. The van der Waals surface area contributed by atoms with Gasteiger partial charge in [-0.15, -0.1) is 0 Å². The Hall–Kier alpha value is -1.57. The summed E-state index contributed by atoms with van der Waals surface area (Å²) in [4.78, 5) is 10.5. The molecule has 0 fully saturated rings. The number of aryl methyl sites for hydroxylation is 1. The van der Waals surface area contributed by atoms with Crippen LogP contribution in [-0.2, 0) is 18.0 Å². The Kier molecular flexibility index (Phi) is 2.71. The van der Waals surface area contributed by atoms with Crippen LogP contribution in [-0.4, -0.2) is 20.9 Å². The van der Waals surface area contributed by atoms with E-state index >= 15 is 0 Å². The monoisotopic (exact) mass is 223 g/mol. The molecule has 84 valence electrons. The summed E-state index contributed by atoms with van der Waals surface area (Å²) in [5.74, 6) is -1.53. The zero-order chi connectivity index (χ0) is 11.8. The van der Waals surface area contributed by atoms with Gasteiger partial charge in [0.05, 0.1) is 0 Å². The van der Waals surface area contributed by atoms with Crippen LogP contribution in [0.4, 0.5) is 13.2 Å². The van der Waals surface area contributed by atoms with Crippen LogP contribution < -0.4 is 5.73 Å². The second-order valence-electron chi connectivity index (χ2n) is 2.92. The molecule has 5 nitrogen and oxygen atoms in total. The molecule has 0 aliphatic heterocycles. The summed E-state index contributed by atoms with van der Waals surface area (Å²) in [7, 11) is 1.26. The molecule has 0 radical (unpaired) electrons. The average Bonchev–Trinajstić information content (AvgIpc) is 2.44. The molecule has 0 saturated carbocycles. The van der Waals surface area contributed by atoms with Gasteiger partial charge in [0.1, 0.15) is 6.04 Å². The number of alkyl halides is 3. The molecule has 0 spiro atoms. The predicted molar refractivity (Wildman–Crippen MR) is 42.8 cm³/mol. The Morgan fingerprint density at radius 2 is 2.20 bits per heavy atom. The number of rotatable bonds is 2. The lowest BCUT2D eigenvalue weighted by molar-refractivity contribution is -0.143. The number of hydrogen-bond donors (Lipinski definition) is 2. The molecule has 1 atom stereocenters. The summed E-state index contributed by atoms with van der Waals surface area (Å²) in [6.45, 7) is 0. The van der Waals surface area contributed by atoms with Crippen molar-refractivity contribution in [1.82, 2.24) is 9.78 Å². The van der Waals surface area contributed by atoms with E-state index in [1.807, 2.05) is 0 Å². The van der Waals surface area contributed by atoms with Gasteiger partial charge < -0.3 is 10.8 Å². The van der Waals surface area contributed by atoms with E-state index in [9.17, 15) is 18.0 Å². The fourth-order valence-electron chi connectivity index (χ4n) is 1.09. The van der Waals surface area contributed by atoms with E-state index < -0.39 is 29.4 Å². The Morgan fingerprint density at radius 3 is 2.60 bits per heavy atom. The Bertz CT molecular complexity index is 385. The first-order valence-electron chi connectivity index (χ1n) is 3.82. The zero-order valence-corrected chi connectivity index (χ0v) is 7.62. The van der Waals surface area contributed by atoms with Gasteiger partial charge in [-0.2, -0.15) is 18.3 Å². The molecular weight excluding hydrogens is 215 g/mol. The smallest absolute Gasteiger partial charge is 0.435 e. The largest absolute Gasteiger partial charge is 0.480 e. The van der Waals surface area contributed by atoms with E-state index in [-0.39, 0.29) is 0 Å². The first-order chi connectivity index (χ1) is 6.73. The maximum atomic E-state index is 12.4. The van der Waals surface area contributed by atoms with Gasteiger partial charge in [0, 0.05) is 18.8 Å². The molecule has 0 amide bonds. The van der Waals surface area contributed by atoms with E-state index in [1.165, 1.54) is 7.05 Å². The second kappa shape index (κ2) is 3.54. The van der Waals surface area contributed by atoms with Crippen molar-refractivity contribution in [2.45, 2.75) is 12.2 Å². The van der Waals surface area contributed by atoms with Gasteiger partial charge in [0.2, 0.25) is 0 Å². The quantitative estimate of drug-likeness (QED) is 0.765. The minimum absolute atomic E-state index is 0.544. The maximum absolute atomic E-state index is 12.4. The molecule has 1 rings (SSSR count). The summed E-state index contributed by atoms with van der Waals surface area (Å²) in [5.41, 5.74) is 3.29. The lowest BCUT2D eigenvalue weighted by Crippen LogP contribution is -2.23. The molecule has 0 aromatic carbocycles. The Labute approximate surface area is 82.3 Å². The van der Waals surface area contributed by atoms with Gasteiger partial charge in [-0.1, -0.05) is 0 Å². The minimum atomic E-state index is -4.70. The second-order valence-corrected chi connectivity index (χ2v) is 2.92. The lowest BCUT2D eigenvalue weighted by Gasteiger charge is -2.08. The molecule has 8 heteroatoms. The normalized spacial score (nSPS) is 13.9. The molecule has 0 bridgehead atoms. The van der Waals surface area contributed by atoms with E-state index in [0.29, 0.717) is 0 Å². The topological polar surface area (TPSA) is 81.1 Å². The first-order valence-corrected chi connectivity index (χ1v) is 3.82. The SMILES string of the molecule is Cn1cc(C(N)C(=O)O)c(C(F)(F)F)n1. The van der Waals surface area contributed by atoms with Crippen molar-refractivity contribution in [2.75, 3.05) is 0 Å². The highest BCUT2D eigenvalue weighted by Crippen LogP contribution is 2.32. The van der Waals surface area contributed by atoms with E-state index in [1.54, 1.807) is 0 Å². The van der Waals surface area contributed by atoms with E-state index in [0.717, 1.165) is 10.9 Å². The van der Waals surface area contributed by atoms with Crippen LogP contribution in [0.1, 0.15) is 17.3 Å². The van der Waals surface area contributed by atoms with Crippen molar-refractivity contribution in [3.8, 4) is 0 Å². The van der Waals surface area contributed by atoms with Gasteiger partial charge in [0.15, 0.2) is 5.69 Å². The molecule has 1 aromatic rings. The fraction of sp³-hybridized carbons (Fsp3) is 0.429. The van der Waals surface area contributed by atoms with Crippen molar-refractivity contribution in [1.29, 1.82) is 0 Å². The van der Waals surface area contributed by atoms with Crippen LogP contribution in [0.15, 0.2) is 6.20 Å². The average molecular weight is 223 g/mol. The number of halogens is 3. The van der Waals surface area contributed by atoms with Crippen LogP contribution >= 0.6 is 0 Å². The number of aromatic nitrogens is 2. The van der Waals surface area contributed by atoms with E-state index in [2.05, 4.69) is 5.10 Å². The highest BCUT2D eigenvalue weighted by molar-refractivity contribution is 5.75. The number of hydrogen-bond acceptors (Lipinski definition) is 3. The first kappa shape index (κ1) is 11.5. The lowest BCUT2D eigenvalue weighted by atomic mass is 10.1.